The second-order valence-electron chi connectivity index (χ2n) is 12.8. The van der Waals surface area contributed by atoms with Crippen molar-refractivity contribution < 1.29 is 41.7 Å². The molecule has 1 heterocycles. The topological polar surface area (TPSA) is 121 Å². The summed E-state index contributed by atoms with van der Waals surface area (Å²) in [5.41, 5.74) is 0.0103. The van der Waals surface area contributed by atoms with Crippen LogP contribution in [0.25, 0.3) is 10.9 Å². The van der Waals surface area contributed by atoms with E-state index < -0.39 is 29.5 Å². The van der Waals surface area contributed by atoms with Crippen LogP contribution in [0.4, 0.5) is 29.5 Å². The molecule has 1 amide bonds. The lowest BCUT2D eigenvalue weighted by Gasteiger charge is -2.29. The maximum atomic E-state index is 13.9. The molecule has 0 saturated heterocycles. The number of fused-ring (bicyclic) bond motifs is 1. The SMILES string of the molecule is COCCOc1cc2nc(C)nc(N[C@H](C)c3cc(NC(=O)OC(C)(C)C)cc(C(F)(F)F)c3)c2cc1C1CCC(C(=O)OC)CC1. The average molecular weight is 661 g/mol. The van der Waals surface area contributed by atoms with Crippen molar-refractivity contribution in [1.82, 2.24) is 9.97 Å². The fourth-order valence-electron chi connectivity index (χ4n) is 5.73. The maximum Gasteiger partial charge on any atom is 0.416 e. The predicted octanol–water partition coefficient (Wildman–Crippen LogP) is 7.95. The second kappa shape index (κ2) is 14.7. The molecule has 2 aromatic carbocycles. The van der Waals surface area contributed by atoms with Gasteiger partial charge in [-0.05, 0) is 102 Å². The molecule has 1 saturated carbocycles. The lowest BCUT2D eigenvalue weighted by Crippen LogP contribution is -2.27. The number of rotatable bonds is 10. The second-order valence-corrected chi connectivity index (χ2v) is 12.8. The number of carbonyl (C=O) groups excluding carboxylic acids is 2. The predicted molar refractivity (Wildman–Crippen MR) is 172 cm³/mol. The Morgan fingerprint density at radius 3 is 2.30 bits per heavy atom. The summed E-state index contributed by atoms with van der Waals surface area (Å²) < 4.78 is 63.3. The van der Waals surface area contributed by atoms with E-state index in [9.17, 15) is 22.8 Å². The first-order valence-corrected chi connectivity index (χ1v) is 15.6. The number of hydrogen-bond acceptors (Lipinski definition) is 9. The molecular formula is C34H43F3N4O6. The van der Waals surface area contributed by atoms with Crippen molar-refractivity contribution >= 4 is 34.5 Å². The number of alkyl halides is 3. The van der Waals surface area contributed by atoms with Crippen LogP contribution in [0.15, 0.2) is 30.3 Å². The minimum atomic E-state index is -4.65. The van der Waals surface area contributed by atoms with Crippen LogP contribution in [-0.2, 0) is 25.2 Å². The van der Waals surface area contributed by atoms with Gasteiger partial charge in [-0.15, -0.1) is 0 Å². The number of hydrogen-bond donors (Lipinski definition) is 2. The Morgan fingerprint density at radius 1 is 0.979 bits per heavy atom. The highest BCUT2D eigenvalue weighted by atomic mass is 19.4. The highest BCUT2D eigenvalue weighted by Gasteiger charge is 2.33. The van der Waals surface area contributed by atoms with Gasteiger partial charge in [0.25, 0.3) is 0 Å². The van der Waals surface area contributed by atoms with Gasteiger partial charge in [0.2, 0.25) is 0 Å². The van der Waals surface area contributed by atoms with Crippen molar-refractivity contribution in [2.75, 3.05) is 38.1 Å². The van der Waals surface area contributed by atoms with E-state index in [1.807, 2.05) is 12.1 Å². The Labute approximate surface area is 272 Å². The minimum Gasteiger partial charge on any atom is -0.491 e. The lowest BCUT2D eigenvalue weighted by molar-refractivity contribution is -0.146. The molecule has 256 valence electrons. The molecule has 1 fully saturated rings. The number of aromatic nitrogens is 2. The van der Waals surface area contributed by atoms with Crippen molar-refractivity contribution in [3.63, 3.8) is 0 Å². The zero-order chi connectivity index (χ0) is 34.5. The number of esters is 1. The summed E-state index contributed by atoms with van der Waals surface area (Å²) in [7, 11) is 2.99. The van der Waals surface area contributed by atoms with Gasteiger partial charge in [0.1, 0.15) is 29.6 Å². The Kier molecular flexibility index (Phi) is 11.2. The number of methoxy groups -OCH3 is 2. The molecule has 0 bridgehead atoms. The van der Waals surface area contributed by atoms with Crippen LogP contribution in [0, 0.1) is 12.8 Å². The summed E-state index contributed by atoms with van der Waals surface area (Å²) in [6.45, 7) is 9.16. The Hall–Kier alpha value is -4.13. The molecule has 4 rings (SSSR count). The number of anilines is 2. The van der Waals surface area contributed by atoms with Crippen LogP contribution in [-0.4, -0.2) is 55.1 Å². The van der Waals surface area contributed by atoms with Gasteiger partial charge in [0.05, 0.1) is 36.8 Å². The highest BCUT2D eigenvalue weighted by Crippen LogP contribution is 2.43. The zero-order valence-corrected chi connectivity index (χ0v) is 27.8. The van der Waals surface area contributed by atoms with Crippen molar-refractivity contribution in [2.45, 2.75) is 84.0 Å². The van der Waals surface area contributed by atoms with Crippen LogP contribution < -0.4 is 15.4 Å². The van der Waals surface area contributed by atoms with Crippen LogP contribution in [0.5, 0.6) is 5.75 Å². The third kappa shape index (κ3) is 9.46. The van der Waals surface area contributed by atoms with E-state index >= 15 is 0 Å². The largest absolute Gasteiger partial charge is 0.491 e. The summed E-state index contributed by atoms with van der Waals surface area (Å²) in [5.74, 6) is 1.28. The fraction of sp³-hybridized carbons (Fsp3) is 0.529. The molecule has 1 atom stereocenters. The molecule has 1 aliphatic carbocycles. The number of amides is 1. The molecule has 3 aromatic rings. The molecule has 13 heteroatoms. The highest BCUT2D eigenvalue weighted by molar-refractivity contribution is 5.91. The number of carbonyl (C=O) groups is 2. The number of benzene rings is 2. The number of aryl methyl sites for hydroxylation is 1. The average Bonchev–Trinajstić information content (AvgIpc) is 2.99. The van der Waals surface area contributed by atoms with Crippen molar-refractivity contribution in [2.24, 2.45) is 5.92 Å². The maximum absolute atomic E-state index is 13.9. The fourth-order valence-corrected chi connectivity index (χ4v) is 5.73. The first kappa shape index (κ1) is 35.7. The van der Waals surface area contributed by atoms with Crippen LogP contribution >= 0.6 is 0 Å². The van der Waals surface area contributed by atoms with E-state index in [1.54, 1.807) is 41.7 Å². The normalized spacial score (nSPS) is 17.6. The monoisotopic (exact) mass is 660 g/mol. The van der Waals surface area contributed by atoms with Crippen LogP contribution in [0.1, 0.15) is 87.9 Å². The van der Waals surface area contributed by atoms with Crippen molar-refractivity contribution in [1.29, 1.82) is 0 Å². The number of halogens is 3. The van der Waals surface area contributed by atoms with Crippen LogP contribution in [0.3, 0.4) is 0 Å². The van der Waals surface area contributed by atoms with Gasteiger partial charge in [0.15, 0.2) is 0 Å². The first-order chi connectivity index (χ1) is 22.1. The van der Waals surface area contributed by atoms with Gasteiger partial charge in [-0.1, -0.05) is 0 Å². The summed E-state index contributed by atoms with van der Waals surface area (Å²) in [4.78, 5) is 33.8. The molecule has 10 nitrogen and oxygen atoms in total. The smallest absolute Gasteiger partial charge is 0.416 e. The van der Waals surface area contributed by atoms with Gasteiger partial charge < -0.3 is 24.3 Å². The molecular weight excluding hydrogens is 617 g/mol. The van der Waals surface area contributed by atoms with E-state index in [-0.39, 0.29) is 29.1 Å². The molecule has 1 aliphatic rings. The first-order valence-electron chi connectivity index (χ1n) is 15.6. The summed E-state index contributed by atoms with van der Waals surface area (Å²) >= 11 is 0. The summed E-state index contributed by atoms with van der Waals surface area (Å²) in [5, 5.41) is 6.39. The molecule has 0 spiro atoms. The van der Waals surface area contributed by atoms with Gasteiger partial charge in [-0.3, -0.25) is 10.1 Å². The van der Waals surface area contributed by atoms with Gasteiger partial charge in [-0.25, -0.2) is 14.8 Å². The van der Waals surface area contributed by atoms with Gasteiger partial charge >= 0.3 is 18.2 Å². The minimum absolute atomic E-state index is 0.0517. The third-order valence-corrected chi connectivity index (χ3v) is 7.97. The Balaban J connectivity index is 1.71. The standard InChI is InChI=1S/C34H43F3N4O6/c1-19(23-14-24(34(35,36)37)16-25(15-23)41-32(43)47-33(3,4)5)38-30-27-17-26(21-8-10-22(11-9-21)31(42)45-7)29(46-13-12-44-6)18-28(27)39-20(2)40-30/h14-19,21-22H,8-13H2,1-7H3,(H,41,43)(H,38,39,40)/t19-,21?,22?/m1/s1. The molecule has 0 radical (unpaired) electrons. The molecule has 0 unspecified atom stereocenters. The number of nitrogens with one attached hydrogen (secondary N) is 2. The van der Waals surface area contributed by atoms with Gasteiger partial charge in [0, 0.05) is 24.2 Å². The quantitative estimate of drug-likeness (QED) is 0.165. The van der Waals surface area contributed by atoms with E-state index in [4.69, 9.17) is 18.9 Å². The van der Waals surface area contributed by atoms with E-state index in [0.717, 1.165) is 30.5 Å². The molecule has 1 aromatic heterocycles. The molecule has 47 heavy (non-hydrogen) atoms. The molecule has 0 aliphatic heterocycles. The Bertz CT molecular complexity index is 1580. The summed E-state index contributed by atoms with van der Waals surface area (Å²) in [6, 6.07) is 6.55. The zero-order valence-electron chi connectivity index (χ0n) is 27.8. The molecule has 2 N–H and O–H groups in total. The lowest BCUT2D eigenvalue weighted by atomic mass is 9.78. The Morgan fingerprint density at radius 2 is 1.68 bits per heavy atom. The van der Waals surface area contributed by atoms with Gasteiger partial charge in [-0.2, -0.15) is 13.2 Å². The van der Waals surface area contributed by atoms with E-state index in [2.05, 4.69) is 20.6 Å². The van der Waals surface area contributed by atoms with Crippen molar-refractivity contribution in [3.8, 4) is 5.75 Å². The summed E-state index contributed by atoms with van der Waals surface area (Å²) in [6.07, 6.45) is -2.68. The number of ether oxygens (including phenoxy) is 4. The third-order valence-electron chi connectivity index (χ3n) is 7.97. The van der Waals surface area contributed by atoms with Crippen molar-refractivity contribution in [3.05, 3.63) is 52.8 Å². The van der Waals surface area contributed by atoms with Crippen LogP contribution in [0.2, 0.25) is 0 Å². The number of nitrogens with zero attached hydrogens (tertiary/aromatic N) is 2. The van der Waals surface area contributed by atoms with E-state index in [0.29, 0.717) is 54.4 Å². The van der Waals surface area contributed by atoms with E-state index in [1.165, 1.54) is 13.2 Å².